The van der Waals surface area contributed by atoms with E-state index < -0.39 is 219 Å². The van der Waals surface area contributed by atoms with Gasteiger partial charge >= 0.3 is 17.9 Å². The number of ether oxygens (including phenoxy) is 1. The maximum Gasteiger partial charge on any atom is 0.334 e. The van der Waals surface area contributed by atoms with Crippen molar-refractivity contribution < 1.29 is 97.4 Å². The van der Waals surface area contributed by atoms with Crippen LogP contribution in [0, 0.1) is 11.8 Å². The Labute approximate surface area is 619 Å². The first-order chi connectivity index (χ1) is 50.3. The van der Waals surface area contributed by atoms with E-state index >= 15 is 0 Å². The van der Waals surface area contributed by atoms with Gasteiger partial charge in [0.1, 0.15) is 71.9 Å². The summed E-state index contributed by atoms with van der Waals surface area (Å²) >= 11 is 0. The minimum atomic E-state index is -1.99. The highest BCUT2D eigenvalue weighted by molar-refractivity contribution is 6.00. The number of carbonyl (C=O) groups excluding carboxylic acids is 12. The van der Waals surface area contributed by atoms with E-state index in [0.717, 1.165) is 43.9 Å². The van der Waals surface area contributed by atoms with Crippen molar-refractivity contribution in [1.29, 1.82) is 0 Å². The molecule has 3 heterocycles. The number of aromatic hydroxyl groups is 1. The number of primary amides is 1. The number of carboxylic acid groups (broad SMARTS) is 2. The molecule has 0 aliphatic carbocycles. The lowest BCUT2D eigenvalue weighted by Gasteiger charge is -2.32. The molecule has 0 aromatic heterocycles. The standard InChI is InChI=1S/C74H114N12O20/c1-7-8-9-10-11-12-13-14-15-16-17-18-21-49(89)42-59(91)77-52(33-36-60(92)93)66(97)78-51(22-19-38-75)65(96)81-56-41-47-26-30-50(31-27-47)106-74(105)63(44(4)5)84-69(100)55(40-46-24-28-48(88)29-25-46)82-67(98)53(32-35-58(76)90)79-71(102)57-23-20-39-86(57)73(104)62(43(2)3)83-68(99)54(34-37-61(94)95)80-72(103)64(45(6)87)85-70(56)101/h24-31,43-45,49,51-57,62-64,87-89H,7-23,32-42,75H2,1-6H3,(H2,76,90)(H,77,91)(H,78,97)(H,79,102)(H,80,103)(H,81,96)(H,82,98)(H,83,99)(H,84,100)(H,85,101)(H,92,93)(H,94,95)/t45-,49?,51-,52+,53+,54+,55-,56+,57+,62-,63+,64-/m1/s1. The van der Waals surface area contributed by atoms with Crippen LogP contribution in [-0.2, 0) is 80.0 Å². The van der Waals surface area contributed by atoms with E-state index in [1.165, 1.54) is 87.1 Å². The molecule has 3 aliphatic heterocycles. The first-order valence-corrected chi connectivity index (χ1v) is 37.2. The molecule has 0 radical (unpaired) electrons. The second kappa shape index (κ2) is 46.6. The van der Waals surface area contributed by atoms with Crippen LogP contribution in [-0.4, -0.2) is 199 Å². The number of hydrogen-bond donors (Lipinski definition) is 16. The molecule has 3 aliphatic rings. The SMILES string of the molecule is CCCCCCCCCCCCCCC(O)CC(=O)N[C@@H](CCC(=O)O)C(=O)N[C@H](CCCN)C(=O)N[C@H]1Cc2ccc(cc2)OC(=O)[C@H](C(C)C)NC(=O)[C@@H](Cc2ccc(O)cc2)NC(=O)[C@H](CCC(N)=O)NC(=O)[C@@H]2CCCN2C(=O)[C@@H](C(C)C)NC(=O)[C@H](CCC(=O)O)NC(=O)[C@@H]([C@@H](C)O)NC1=O. The van der Waals surface area contributed by atoms with Gasteiger partial charge < -0.3 is 94.5 Å². The molecule has 1 unspecified atom stereocenters. The van der Waals surface area contributed by atoms with Crippen LogP contribution in [0.1, 0.15) is 207 Å². The van der Waals surface area contributed by atoms with Gasteiger partial charge in [-0.1, -0.05) is 136 Å². The smallest absolute Gasteiger partial charge is 0.334 e. The molecule has 12 atom stereocenters. The van der Waals surface area contributed by atoms with E-state index in [2.05, 4.69) is 54.8 Å². The van der Waals surface area contributed by atoms with E-state index in [9.17, 15) is 92.7 Å². The number of esters is 1. The first kappa shape index (κ1) is 89.1. The fourth-order valence-corrected chi connectivity index (χ4v) is 12.4. The van der Waals surface area contributed by atoms with Crippen molar-refractivity contribution in [3.05, 3.63) is 59.7 Å². The number of nitrogens with zero attached hydrogens (tertiary/aromatic N) is 1. The lowest BCUT2D eigenvalue weighted by Crippen LogP contribution is -2.62. The number of unbranched alkanes of at least 4 members (excludes halogenated alkanes) is 11. The zero-order valence-electron chi connectivity index (χ0n) is 62.0. The number of amides is 11. The normalized spacial score (nSPS) is 21.6. The van der Waals surface area contributed by atoms with Crippen LogP contribution in [0.4, 0.5) is 0 Å². The summed E-state index contributed by atoms with van der Waals surface area (Å²) in [5.41, 5.74) is 12.0. The van der Waals surface area contributed by atoms with Crippen molar-refractivity contribution in [2.24, 2.45) is 23.3 Å². The molecule has 32 heteroatoms. The van der Waals surface area contributed by atoms with Crippen molar-refractivity contribution in [3.8, 4) is 11.5 Å². The van der Waals surface area contributed by atoms with Crippen molar-refractivity contribution in [2.75, 3.05) is 13.1 Å². The maximum absolute atomic E-state index is 14.9. The highest BCUT2D eigenvalue weighted by Gasteiger charge is 2.42. The molecule has 590 valence electrons. The quantitative estimate of drug-likeness (QED) is 0.0198. The molecular weight excluding hydrogens is 1380 g/mol. The number of phenolic OH excluding ortho intramolecular Hbond substituents is 1. The Morgan fingerprint density at radius 1 is 0.575 bits per heavy atom. The molecule has 18 N–H and O–H groups in total. The predicted octanol–water partition coefficient (Wildman–Crippen LogP) is 1.72. The van der Waals surface area contributed by atoms with Crippen LogP contribution in [0.3, 0.4) is 0 Å². The van der Waals surface area contributed by atoms with Crippen molar-refractivity contribution in [3.63, 3.8) is 0 Å². The van der Waals surface area contributed by atoms with E-state index in [0.29, 0.717) is 18.4 Å². The number of hydrogen-bond acceptors (Lipinski definition) is 19. The monoisotopic (exact) mass is 1490 g/mol. The maximum atomic E-state index is 14.9. The summed E-state index contributed by atoms with van der Waals surface area (Å²) in [5.74, 6) is -16.2. The number of nitrogens with one attached hydrogen (secondary N) is 9. The van der Waals surface area contributed by atoms with Gasteiger partial charge in [0.05, 0.1) is 18.6 Å². The number of benzene rings is 2. The van der Waals surface area contributed by atoms with Crippen molar-refractivity contribution in [1.82, 2.24) is 52.8 Å². The second-order valence-corrected chi connectivity index (χ2v) is 28.3. The molecule has 5 rings (SSSR count). The number of carboxylic acids is 2. The van der Waals surface area contributed by atoms with E-state index in [4.69, 9.17) is 16.2 Å². The summed E-state index contributed by atoms with van der Waals surface area (Å²) in [5, 5.41) is 74.5. The Hall–Kier alpha value is -9.30. The summed E-state index contributed by atoms with van der Waals surface area (Å²) in [4.78, 5) is 196. The Balaban J connectivity index is 1.75. The van der Waals surface area contributed by atoms with Gasteiger partial charge in [-0.25, -0.2) is 4.79 Å². The topological polar surface area (TPSA) is 513 Å². The van der Waals surface area contributed by atoms with Gasteiger partial charge in [-0.05, 0) is 112 Å². The Bertz CT molecular complexity index is 3240. The lowest BCUT2D eigenvalue weighted by atomic mass is 10.00. The summed E-state index contributed by atoms with van der Waals surface area (Å²) < 4.78 is 5.77. The van der Waals surface area contributed by atoms with Crippen molar-refractivity contribution >= 4 is 82.9 Å². The third-order valence-electron chi connectivity index (χ3n) is 18.6. The molecule has 1 fully saturated rings. The van der Waals surface area contributed by atoms with Gasteiger partial charge in [-0.2, -0.15) is 0 Å². The fraction of sp³-hybridized carbons (Fsp3) is 0.649. The largest absolute Gasteiger partial charge is 0.508 e. The third kappa shape index (κ3) is 31.8. The number of aliphatic hydroxyl groups is 2. The molecule has 2 aromatic carbocycles. The van der Waals surface area contributed by atoms with E-state index in [1.54, 1.807) is 27.7 Å². The zero-order valence-corrected chi connectivity index (χ0v) is 62.0. The summed E-state index contributed by atoms with van der Waals surface area (Å²) in [6.07, 6.45) is 6.34. The molecule has 0 spiro atoms. The molecule has 1 saturated heterocycles. The molecule has 32 nitrogen and oxygen atoms in total. The van der Waals surface area contributed by atoms with E-state index in [-0.39, 0.29) is 62.3 Å². The average Bonchev–Trinajstić information content (AvgIpc) is 1.51. The van der Waals surface area contributed by atoms with Gasteiger partial charge in [0.15, 0.2) is 0 Å². The molecule has 106 heavy (non-hydrogen) atoms. The van der Waals surface area contributed by atoms with Crippen LogP contribution in [0.2, 0.25) is 0 Å². The van der Waals surface area contributed by atoms with Crippen LogP contribution < -0.4 is 64.1 Å². The van der Waals surface area contributed by atoms with Crippen LogP contribution in [0.25, 0.3) is 0 Å². The summed E-state index contributed by atoms with van der Waals surface area (Å²) in [6, 6.07) is -4.94. The lowest BCUT2D eigenvalue weighted by molar-refractivity contribution is -0.144. The van der Waals surface area contributed by atoms with Crippen LogP contribution >= 0.6 is 0 Å². The highest BCUT2D eigenvalue weighted by Crippen LogP contribution is 2.24. The van der Waals surface area contributed by atoms with Gasteiger partial charge in [-0.3, -0.25) is 62.3 Å². The zero-order chi connectivity index (χ0) is 78.6. The number of carbonyl (C=O) groups is 14. The van der Waals surface area contributed by atoms with Gasteiger partial charge in [0, 0.05) is 38.6 Å². The molecule has 0 saturated carbocycles. The molecular formula is C74H114N12O20. The van der Waals surface area contributed by atoms with Gasteiger partial charge in [0.2, 0.25) is 65.0 Å². The number of phenols is 1. The van der Waals surface area contributed by atoms with Gasteiger partial charge in [-0.15, -0.1) is 0 Å². The van der Waals surface area contributed by atoms with Crippen LogP contribution in [0.5, 0.6) is 11.5 Å². The molecule has 2 aromatic rings. The number of nitrogens with two attached hydrogens (primary N) is 2. The second-order valence-electron chi connectivity index (χ2n) is 28.3. The third-order valence-corrected chi connectivity index (χ3v) is 18.6. The highest BCUT2D eigenvalue weighted by atomic mass is 16.5. The van der Waals surface area contributed by atoms with Crippen LogP contribution in [0.15, 0.2) is 48.5 Å². The van der Waals surface area contributed by atoms with Gasteiger partial charge in [0.25, 0.3) is 0 Å². The average molecular weight is 1490 g/mol. The Morgan fingerprint density at radius 3 is 1.67 bits per heavy atom. The first-order valence-electron chi connectivity index (χ1n) is 37.2. The predicted molar refractivity (Wildman–Crippen MR) is 388 cm³/mol. The Morgan fingerprint density at radius 2 is 1.10 bits per heavy atom. The number of aliphatic hydroxyl groups excluding tert-OH is 2. The number of rotatable bonds is 37. The molecule has 11 amide bonds. The minimum Gasteiger partial charge on any atom is -0.508 e. The Kier molecular flexibility index (Phi) is 39.2. The number of fused-ring (bicyclic) bond motifs is 23. The summed E-state index contributed by atoms with van der Waals surface area (Å²) in [7, 11) is 0. The minimum absolute atomic E-state index is 0.0231. The fourth-order valence-electron chi connectivity index (χ4n) is 12.4. The van der Waals surface area contributed by atoms with Crippen molar-refractivity contribution in [2.45, 2.75) is 281 Å². The molecule has 2 bridgehead atoms. The van der Waals surface area contributed by atoms with E-state index in [1.807, 2.05) is 0 Å². The summed E-state index contributed by atoms with van der Waals surface area (Å²) in [6.45, 7) is 9.50. The number of aliphatic carboxylic acids is 2.